The van der Waals surface area contributed by atoms with Gasteiger partial charge in [-0.25, -0.2) is 0 Å². The molecule has 0 aliphatic carbocycles. The van der Waals surface area contributed by atoms with Gasteiger partial charge in [0.15, 0.2) is 0 Å². The molecule has 144 valence electrons. The zero-order valence-electron chi connectivity index (χ0n) is 16.8. The fraction of sp³-hybridized carbons (Fsp3) is 0.115. The summed E-state index contributed by atoms with van der Waals surface area (Å²) in [5.74, 6) is 1.68. The van der Waals surface area contributed by atoms with Crippen molar-refractivity contribution in [2.45, 2.75) is 6.92 Å². The maximum absolute atomic E-state index is 5.32. The summed E-state index contributed by atoms with van der Waals surface area (Å²) in [5, 5.41) is 0. The minimum absolute atomic E-state index is 0.838. The number of aryl methyl sites for hydroxylation is 1. The highest BCUT2D eigenvalue weighted by molar-refractivity contribution is 5.84. The highest BCUT2D eigenvalue weighted by Crippen LogP contribution is 2.35. The fourth-order valence-corrected chi connectivity index (χ4v) is 3.34. The van der Waals surface area contributed by atoms with Crippen LogP contribution in [0, 0.1) is 6.92 Å². The molecule has 4 rings (SSSR count). The second-order valence-corrected chi connectivity index (χ2v) is 6.94. The number of aromatic nitrogens is 1. The van der Waals surface area contributed by atoms with E-state index in [-0.39, 0.29) is 0 Å². The van der Waals surface area contributed by atoms with Gasteiger partial charge >= 0.3 is 0 Å². The van der Waals surface area contributed by atoms with Gasteiger partial charge in [-0.1, -0.05) is 54.1 Å². The van der Waals surface area contributed by atoms with Crippen LogP contribution in [-0.2, 0) is 0 Å². The first-order valence-electron chi connectivity index (χ1n) is 9.54. The summed E-state index contributed by atoms with van der Waals surface area (Å²) in [6, 6.07) is 26.8. The highest BCUT2D eigenvalue weighted by Gasteiger charge is 2.12. The predicted octanol–water partition coefficient (Wildman–Crippen LogP) is 6.41. The van der Waals surface area contributed by atoms with E-state index in [0.717, 1.165) is 45.0 Å². The van der Waals surface area contributed by atoms with Gasteiger partial charge in [0.2, 0.25) is 0 Å². The smallest absolute Gasteiger partial charge is 0.118 e. The van der Waals surface area contributed by atoms with E-state index in [1.165, 1.54) is 5.56 Å². The monoisotopic (exact) mass is 381 g/mol. The Kier molecular flexibility index (Phi) is 5.30. The summed E-state index contributed by atoms with van der Waals surface area (Å²) in [5.41, 5.74) is 7.65. The first kappa shape index (κ1) is 18.8. The Morgan fingerprint density at radius 3 is 1.66 bits per heavy atom. The second-order valence-electron chi connectivity index (χ2n) is 6.94. The standard InChI is InChI=1S/C26H23NO2/c1-18-4-6-21(7-5-18)26-25(20-10-14-24(29-3)15-11-20)16-22(17-27-26)19-8-12-23(28-2)13-9-19/h4-17H,1-3H3. The average molecular weight is 381 g/mol. The van der Waals surface area contributed by atoms with Gasteiger partial charge in [-0.3, -0.25) is 4.98 Å². The summed E-state index contributed by atoms with van der Waals surface area (Å²) in [4.78, 5) is 4.85. The molecule has 0 spiro atoms. The SMILES string of the molecule is COc1ccc(-c2cnc(-c3ccc(C)cc3)c(-c3ccc(OC)cc3)c2)cc1. The first-order valence-corrected chi connectivity index (χ1v) is 9.54. The van der Waals surface area contributed by atoms with Crippen molar-refractivity contribution in [1.82, 2.24) is 4.98 Å². The van der Waals surface area contributed by atoms with Gasteiger partial charge in [0.1, 0.15) is 11.5 Å². The van der Waals surface area contributed by atoms with Crippen molar-refractivity contribution in [3.05, 3.63) is 90.6 Å². The van der Waals surface area contributed by atoms with Gasteiger partial charge in [-0.15, -0.1) is 0 Å². The summed E-state index contributed by atoms with van der Waals surface area (Å²) in [7, 11) is 3.35. The molecule has 0 bridgehead atoms. The molecule has 4 aromatic rings. The molecule has 1 aromatic heterocycles. The van der Waals surface area contributed by atoms with E-state index in [0.29, 0.717) is 0 Å². The van der Waals surface area contributed by atoms with Crippen LogP contribution >= 0.6 is 0 Å². The molecule has 3 heteroatoms. The van der Waals surface area contributed by atoms with Gasteiger partial charge < -0.3 is 9.47 Å². The Hall–Kier alpha value is -3.59. The van der Waals surface area contributed by atoms with Crippen LogP contribution in [0.3, 0.4) is 0 Å². The molecule has 0 unspecified atom stereocenters. The number of pyridine rings is 1. The minimum Gasteiger partial charge on any atom is -0.497 e. The third kappa shape index (κ3) is 3.99. The van der Waals surface area contributed by atoms with Crippen LogP contribution in [0.4, 0.5) is 0 Å². The number of methoxy groups -OCH3 is 2. The molecule has 0 aliphatic heterocycles. The quantitative estimate of drug-likeness (QED) is 0.400. The molecule has 29 heavy (non-hydrogen) atoms. The lowest BCUT2D eigenvalue weighted by atomic mass is 9.95. The lowest BCUT2D eigenvalue weighted by Gasteiger charge is -2.13. The summed E-state index contributed by atoms with van der Waals surface area (Å²) in [6.07, 6.45) is 1.93. The molecule has 0 saturated carbocycles. The van der Waals surface area contributed by atoms with Crippen LogP contribution in [0.15, 0.2) is 85.1 Å². The Balaban J connectivity index is 1.85. The van der Waals surface area contributed by atoms with Gasteiger partial charge in [0, 0.05) is 22.9 Å². The van der Waals surface area contributed by atoms with Gasteiger partial charge in [0.25, 0.3) is 0 Å². The van der Waals surface area contributed by atoms with Crippen molar-refractivity contribution in [2.75, 3.05) is 14.2 Å². The molecule has 1 heterocycles. The average Bonchev–Trinajstić information content (AvgIpc) is 2.79. The lowest BCUT2D eigenvalue weighted by Crippen LogP contribution is -1.92. The van der Waals surface area contributed by atoms with Crippen molar-refractivity contribution in [2.24, 2.45) is 0 Å². The normalized spacial score (nSPS) is 10.6. The number of rotatable bonds is 5. The van der Waals surface area contributed by atoms with Crippen LogP contribution < -0.4 is 9.47 Å². The second kappa shape index (κ2) is 8.19. The lowest BCUT2D eigenvalue weighted by molar-refractivity contribution is 0.415. The molecule has 3 nitrogen and oxygen atoms in total. The van der Waals surface area contributed by atoms with Crippen LogP contribution in [0.1, 0.15) is 5.56 Å². The molecule has 0 aliphatic rings. The Morgan fingerprint density at radius 1 is 0.586 bits per heavy atom. The van der Waals surface area contributed by atoms with Crippen LogP contribution in [-0.4, -0.2) is 19.2 Å². The fourth-order valence-electron chi connectivity index (χ4n) is 3.34. The number of hydrogen-bond donors (Lipinski definition) is 0. The van der Waals surface area contributed by atoms with Crippen LogP contribution in [0.25, 0.3) is 33.5 Å². The van der Waals surface area contributed by atoms with Gasteiger partial charge in [-0.05, 0) is 48.4 Å². The van der Waals surface area contributed by atoms with Crippen molar-refractivity contribution in [3.8, 4) is 45.0 Å². The topological polar surface area (TPSA) is 31.4 Å². The summed E-state index contributed by atoms with van der Waals surface area (Å²) >= 11 is 0. The maximum atomic E-state index is 5.32. The van der Waals surface area contributed by atoms with E-state index < -0.39 is 0 Å². The minimum atomic E-state index is 0.838. The van der Waals surface area contributed by atoms with E-state index in [1.54, 1.807) is 14.2 Å². The number of benzene rings is 3. The highest BCUT2D eigenvalue weighted by atomic mass is 16.5. The number of nitrogens with zero attached hydrogens (tertiary/aromatic N) is 1. The molecule has 0 amide bonds. The van der Waals surface area contributed by atoms with E-state index in [2.05, 4.69) is 61.5 Å². The molecular formula is C26H23NO2. The summed E-state index contributed by atoms with van der Waals surface area (Å²) in [6.45, 7) is 2.09. The van der Waals surface area contributed by atoms with E-state index in [4.69, 9.17) is 14.5 Å². The third-order valence-corrected chi connectivity index (χ3v) is 5.04. The van der Waals surface area contributed by atoms with Crippen LogP contribution in [0.2, 0.25) is 0 Å². The molecule has 3 aromatic carbocycles. The third-order valence-electron chi connectivity index (χ3n) is 5.04. The van der Waals surface area contributed by atoms with E-state index in [1.807, 2.05) is 30.5 Å². The molecular weight excluding hydrogens is 358 g/mol. The van der Waals surface area contributed by atoms with Crippen molar-refractivity contribution in [3.63, 3.8) is 0 Å². The van der Waals surface area contributed by atoms with E-state index >= 15 is 0 Å². The first-order chi connectivity index (χ1) is 14.2. The molecule has 0 radical (unpaired) electrons. The largest absolute Gasteiger partial charge is 0.497 e. The van der Waals surface area contributed by atoms with Crippen molar-refractivity contribution >= 4 is 0 Å². The zero-order valence-corrected chi connectivity index (χ0v) is 16.8. The van der Waals surface area contributed by atoms with Gasteiger partial charge in [-0.2, -0.15) is 0 Å². The predicted molar refractivity (Wildman–Crippen MR) is 118 cm³/mol. The summed E-state index contributed by atoms with van der Waals surface area (Å²) < 4.78 is 10.6. The number of hydrogen-bond acceptors (Lipinski definition) is 3. The number of ether oxygens (including phenoxy) is 2. The van der Waals surface area contributed by atoms with Gasteiger partial charge in [0.05, 0.1) is 19.9 Å². The maximum Gasteiger partial charge on any atom is 0.118 e. The van der Waals surface area contributed by atoms with Crippen molar-refractivity contribution in [1.29, 1.82) is 0 Å². The molecule has 0 N–H and O–H groups in total. The molecule has 0 atom stereocenters. The zero-order chi connectivity index (χ0) is 20.2. The van der Waals surface area contributed by atoms with Crippen molar-refractivity contribution < 1.29 is 9.47 Å². The Morgan fingerprint density at radius 2 is 1.10 bits per heavy atom. The molecule has 0 saturated heterocycles. The Bertz CT molecular complexity index is 1100. The van der Waals surface area contributed by atoms with E-state index in [9.17, 15) is 0 Å². The van der Waals surface area contributed by atoms with Crippen LogP contribution in [0.5, 0.6) is 11.5 Å². The Labute approximate surface area is 171 Å². The molecule has 0 fully saturated rings.